The molecule has 7 nitrogen and oxygen atoms in total. The predicted molar refractivity (Wildman–Crippen MR) is 123 cm³/mol. The summed E-state index contributed by atoms with van der Waals surface area (Å²) in [6.45, 7) is 1.86. The molecular formula is C24H15BrN2O5. The minimum absolute atomic E-state index is 0.0502. The fourth-order valence-electron chi connectivity index (χ4n) is 4.08. The van der Waals surface area contributed by atoms with Crippen LogP contribution < -0.4 is 10.3 Å². The van der Waals surface area contributed by atoms with Crippen molar-refractivity contribution in [2.24, 2.45) is 0 Å². The summed E-state index contributed by atoms with van der Waals surface area (Å²) < 4.78 is 6.75. The van der Waals surface area contributed by atoms with Crippen LogP contribution in [0, 0.1) is 17.0 Å². The molecule has 1 aromatic heterocycles. The number of hydrogen-bond acceptors (Lipinski definition) is 5. The SMILES string of the molecule is Cc1ccc2oc3c(c(=O)c2c1)C(c1cccc([N+](=O)[O-])c1)N(c1ccc(Br)cc1)C3=O. The van der Waals surface area contributed by atoms with Gasteiger partial charge in [0.1, 0.15) is 5.58 Å². The lowest BCUT2D eigenvalue weighted by Crippen LogP contribution is -2.29. The third-order valence-electron chi connectivity index (χ3n) is 5.53. The lowest BCUT2D eigenvalue weighted by Gasteiger charge is -2.25. The van der Waals surface area contributed by atoms with Crippen LogP contribution in [0.4, 0.5) is 11.4 Å². The lowest BCUT2D eigenvalue weighted by molar-refractivity contribution is -0.384. The zero-order valence-corrected chi connectivity index (χ0v) is 18.3. The molecule has 1 unspecified atom stereocenters. The Morgan fingerprint density at radius 2 is 1.78 bits per heavy atom. The van der Waals surface area contributed by atoms with Crippen LogP contribution >= 0.6 is 15.9 Å². The van der Waals surface area contributed by atoms with Crippen molar-refractivity contribution >= 4 is 44.2 Å². The van der Waals surface area contributed by atoms with E-state index in [0.29, 0.717) is 22.2 Å². The molecule has 0 fully saturated rings. The standard InChI is InChI=1S/C24H15BrN2O5/c1-13-5-10-19-18(11-13)22(28)20-21(14-3-2-4-17(12-14)27(30)31)26(24(29)23(20)32-19)16-8-6-15(25)7-9-16/h2-12,21H,1H3. The predicted octanol–water partition coefficient (Wildman–Crippen LogP) is 5.52. The van der Waals surface area contributed by atoms with Crippen molar-refractivity contribution in [3.05, 3.63) is 114 Å². The highest BCUT2D eigenvalue weighted by molar-refractivity contribution is 9.10. The summed E-state index contributed by atoms with van der Waals surface area (Å²) in [5.41, 5.74) is 1.93. The molecule has 3 aromatic carbocycles. The summed E-state index contributed by atoms with van der Waals surface area (Å²) in [6, 6.07) is 17.4. The third-order valence-corrected chi connectivity index (χ3v) is 6.06. The molecule has 1 aliphatic heterocycles. The van der Waals surface area contributed by atoms with Gasteiger partial charge in [-0.1, -0.05) is 39.7 Å². The number of nitro groups is 1. The second-order valence-electron chi connectivity index (χ2n) is 7.58. The van der Waals surface area contributed by atoms with Gasteiger partial charge in [-0.05, 0) is 48.9 Å². The number of halogens is 1. The number of rotatable bonds is 3. The Kier molecular flexibility index (Phi) is 4.67. The number of carbonyl (C=O) groups is 1. The number of aryl methyl sites for hydroxylation is 1. The molecule has 0 radical (unpaired) electrons. The number of nitro benzene ring substituents is 1. The maximum atomic E-state index is 13.6. The Morgan fingerprint density at radius 1 is 1.03 bits per heavy atom. The molecule has 1 atom stereocenters. The van der Waals surface area contributed by atoms with Gasteiger partial charge < -0.3 is 4.42 Å². The Morgan fingerprint density at radius 3 is 2.50 bits per heavy atom. The van der Waals surface area contributed by atoms with Gasteiger partial charge in [-0.15, -0.1) is 0 Å². The summed E-state index contributed by atoms with van der Waals surface area (Å²) in [5.74, 6) is -0.524. The molecule has 32 heavy (non-hydrogen) atoms. The number of amides is 1. The molecule has 5 rings (SSSR count). The van der Waals surface area contributed by atoms with E-state index in [0.717, 1.165) is 10.0 Å². The van der Waals surface area contributed by atoms with E-state index in [9.17, 15) is 19.7 Å². The summed E-state index contributed by atoms with van der Waals surface area (Å²) in [5, 5.41) is 11.8. The van der Waals surface area contributed by atoms with Crippen molar-refractivity contribution in [1.82, 2.24) is 0 Å². The topological polar surface area (TPSA) is 93.7 Å². The summed E-state index contributed by atoms with van der Waals surface area (Å²) in [6.07, 6.45) is 0. The first-order valence-corrected chi connectivity index (χ1v) is 10.6. The first-order valence-electron chi connectivity index (χ1n) is 9.76. The fraction of sp³-hybridized carbons (Fsp3) is 0.0833. The van der Waals surface area contributed by atoms with Gasteiger partial charge in [-0.25, -0.2) is 0 Å². The number of nitrogens with zero attached hydrogens (tertiary/aromatic N) is 2. The van der Waals surface area contributed by atoms with Gasteiger partial charge >= 0.3 is 0 Å². The smallest absolute Gasteiger partial charge is 0.295 e. The Labute approximate surface area is 190 Å². The summed E-state index contributed by atoms with van der Waals surface area (Å²) in [4.78, 5) is 39.4. The van der Waals surface area contributed by atoms with Crippen LogP contribution in [0.25, 0.3) is 11.0 Å². The van der Waals surface area contributed by atoms with Crippen molar-refractivity contribution in [2.45, 2.75) is 13.0 Å². The van der Waals surface area contributed by atoms with Gasteiger partial charge in [0.25, 0.3) is 11.6 Å². The number of non-ortho nitro benzene ring substituents is 1. The minimum atomic E-state index is -0.861. The van der Waals surface area contributed by atoms with Gasteiger partial charge in [0.05, 0.1) is 21.9 Å². The van der Waals surface area contributed by atoms with Crippen molar-refractivity contribution in [2.75, 3.05) is 4.90 Å². The average molecular weight is 491 g/mol. The number of benzene rings is 3. The summed E-state index contributed by atoms with van der Waals surface area (Å²) in [7, 11) is 0. The molecule has 0 saturated carbocycles. The molecule has 0 saturated heterocycles. The largest absolute Gasteiger partial charge is 0.450 e. The molecule has 0 bridgehead atoms. The van der Waals surface area contributed by atoms with E-state index in [2.05, 4.69) is 15.9 Å². The molecule has 2 heterocycles. The highest BCUT2D eigenvalue weighted by atomic mass is 79.9. The van der Waals surface area contributed by atoms with Gasteiger partial charge in [0.2, 0.25) is 5.76 Å². The molecule has 0 aliphatic carbocycles. The quantitative estimate of drug-likeness (QED) is 0.278. The van der Waals surface area contributed by atoms with E-state index in [1.807, 2.05) is 13.0 Å². The minimum Gasteiger partial charge on any atom is -0.450 e. The zero-order valence-electron chi connectivity index (χ0n) is 16.7. The van der Waals surface area contributed by atoms with Crippen molar-refractivity contribution < 1.29 is 14.1 Å². The van der Waals surface area contributed by atoms with Crippen LogP contribution in [0.5, 0.6) is 0 Å². The number of carbonyl (C=O) groups excluding carboxylic acids is 1. The van der Waals surface area contributed by atoms with Crippen LogP contribution in [0.3, 0.4) is 0 Å². The molecular weight excluding hydrogens is 476 g/mol. The monoisotopic (exact) mass is 490 g/mol. The fourth-order valence-corrected chi connectivity index (χ4v) is 4.34. The number of anilines is 1. The Hall–Kier alpha value is -3.78. The number of fused-ring (bicyclic) bond motifs is 2. The highest BCUT2D eigenvalue weighted by Gasteiger charge is 2.44. The van der Waals surface area contributed by atoms with E-state index in [-0.39, 0.29) is 22.4 Å². The molecule has 0 N–H and O–H groups in total. The second kappa shape index (κ2) is 7.42. The van der Waals surface area contributed by atoms with Crippen molar-refractivity contribution in [1.29, 1.82) is 0 Å². The van der Waals surface area contributed by atoms with E-state index in [4.69, 9.17) is 4.42 Å². The van der Waals surface area contributed by atoms with Gasteiger partial charge in [-0.3, -0.25) is 24.6 Å². The van der Waals surface area contributed by atoms with Crippen LogP contribution in [0.2, 0.25) is 0 Å². The highest BCUT2D eigenvalue weighted by Crippen LogP contribution is 2.42. The molecule has 0 spiro atoms. The Balaban J connectivity index is 1.82. The molecule has 4 aromatic rings. The van der Waals surface area contributed by atoms with E-state index < -0.39 is 16.9 Å². The normalized spacial score (nSPS) is 15.2. The van der Waals surface area contributed by atoms with Crippen LogP contribution in [0.1, 0.15) is 33.3 Å². The van der Waals surface area contributed by atoms with E-state index in [1.165, 1.54) is 17.0 Å². The third kappa shape index (κ3) is 3.11. The first kappa shape index (κ1) is 20.1. The zero-order chi connectivity index (χ0) is 22.6. The molecule has 158 valence electrons. The van der Waals surface area contributed by atoms with Crippen LogP contribution in [-0.4, -0.2) is 10.8 Å². The van der Waals surface area contributed by atoms with Crippen LogP contribution in [0.15, 0.2) is 80.4 Å². The van der Waals surface area contributed by atoms with E-state index in [1.54, 1.807) is 48.5 Å². The van der Waals surface area contributed by atoms with Crippen LogP contribution in [-0.2, 0) is 0 Å². The maximum absolute atomic E-state index is 13.6. The number of hydrogen-bond donors (Lipinski definition) is 0. The maximum Gasteiger partial charge on any atom is 0.295 e. The van der Waals surface area contributed by atoms with E-state index >= 15 is 0 Å². The first-order chi connectivity index (χ1) is 15.3. The molecule has 1 amide bonds. The average Bonchev–Trinajstić information content (AvgIpc) is 3.07. The lowest BCUT2D eigenvalue weighted by atomic mass is 9.97. The molecule has 1 aliphatic rings. The van der Waals surface area contributed by atoms with Gasteiger partial charge in [0, 0.05) is 22.3 Å². The second-order valence-corrected chi connectivity index (χ2v) is 8.50. The van der Waals surface area contributed by atoms with Crippen molar-refractivity contribution in [3.63, 3.8) is 0 Å². The molecule has 8 heteroatoms. The van der Waals surface area contributed by atoms with Gasteiger partial charge in [0.15, 0.2) is 5.43 Å². The Bertz CT molecular complexity index is 1480. The summed E-state index contributed by atoms with van der Waals surface area (Å²) >= 11 is 3.38. The van der Waals surface area contributed by atoms with Gasteiger partial charge in [-0.2, -0.15) is 0 Å². The van der Waals surface area contributed by atoms with Crippen molar-refractivity contribution in [3.8, 4) is 0 Å².